The summed E-state index contributed by atoms with van der Waals surface area (Å²) in [5, 5.41) is 6.87. The smallest absolute Gasteiger partial charge is 0.225 e. The predicted molar refractivity (Wildman–Crippen MR) is 143 cm³/mol. The van der Waals surface area contributed by atoms with E-state index in [1.54, 1.807) is 7.11 Å². The van der Waals surface area contributed by atoms with Gasteiger partial charge in [-0.2, -0.15) is 5.10 Å². The lowest BCUT2D eigenvalue weighted by Crippen LogP contribution is -2.54. The minimum absolute atomic E-state index is 0.0992. The first-order valence-corrected chi connectivity index (χ1v) is 13.1. The second kappa shape index (κ2) is 10.5. The molecule has 0 radical (unpaired) electrons. The van der Waals surface area contributed by atoms with Crippen LogP contribution < -0.4 is 10.6 Å². The summed E-state index contributed by atoms with van der Waals surface area (Å²) in [4.78, 5) is 22.0. The molecular formula is C28H38N6O2. The highest BCUT2D eigenvalue weighted by molar-refractivity contribution is 5.79. The number of benzene rings is 1. The molecule has 1 amide bonds. The number of ether oxygens (including phenoxy) is 1. The van der Waals surface area contributed by atoms with Crippen molar-refractivity contribution < 1.29 is 9.53 Å². The molecule has 1 unspecified atom stereocenters. The molecular weight excluding hydrogens is 452 g/mol. The summed E-state index contributed by atoms with van der Waals surface area (Å²) in [6, 6.07) is 10.6. The van der Waals surface area contributed by atoms with Gasteiger partial charge >= 0.3 is 0 Å². The van der Waals surface area contributed by atoms with Crippen LogP contribution in [-0.4, -0.2) is 73.0 Å². The Morgan fingerprint density at radius 2 is 1.94 bits per heavy atom. The average molecular weight is 491 g/mol. The van der Waals surface area contributed by atoms with Crippen LogP contribution in [0, 0.1) is 6.92 Å². The zero-order chi connectivity index (χ0) is 25.2. The van der Waals surface area contributed by atoms with E-state index < -0.39 is 0 Å². The summed E-state index contributed by atoms with van der Waals surface area (Å²) >= 11 is 0. The quantitative estimate of drug-likeness (QED) is 0.609. The Morgan fingerprint density at radius 1 is 1.17 bits per heavy atom. The number of carbonyl (C=O) groups excluding carboxylic acids is 1. The maximum atomic E-state index is 12.6. The van der Waals surface area contributed by atoms with E-state index in [0.29, 0.717) is 25.5 Å². The van der Waals surface area contributed by atoms with Gasteiger partial charge in [0.15, 0.2) is 5.82 Å². The van der Waals surface area contributed by atoms with Gasteiger partial charge in [-0.1, -0.05) is 30.3 Å². The van der Waals surface area contributed by atoms with Crippen molar-refractivity contribution in [2.24, 2.45) is 5.10 Å². The molecule has 2 atom stereocenters. The summed E-state index contributed by atoms with van der Waals surface area (Å²) < 4.78 is 5.09. The van der Waals surface area contributed by atoms with E-state index in [0.717, 1.165) is 43.2 Å². The molecule has 5 rings (SSSR count). The van der Waals surface area contributed by atoms with E-state index in [9.17, 15) is 4.79 Å². The molecule has 36 heavy (non-hydrogen) atoms. The number of nitrogen functional groups attached to an aromatic ring is 1. The van der Waals surface area contributed by atoms with Crippen LogP contribution in [0.5, 0.6) is 0 Å². The van der Waals surface area contributed by atoms with Gasteiger partial charge in [0.05, 0.1) is 31.0 Å². The molecule has 0 bridgehead atoms. The predicted octanol–water partition coefficient (Wildman–Crippen LogP) is 3.51. The van der Waals surface area contributed by atoms with Crippen molar-refractivity contribution in [3.05, 3.63) is 52.7 Å². The van der Waals surface area contributed by atoms with Crippen LogP contribution in [0.15, 0.2) is 35.4 Å². The molecule has 192 valence electrons. The number of anilines is 2. The lowest BCUT2D eigenvalue weighted by molar-refractivity contribution is -0.134. The molecule has 3 heterocycles. The number of piperazine rings is 1. The molecule has 0 spiro atoms. The van der Waals surface area contributed by atoms with Crippen molar-refractivity contribution in [2.45, 2.75) is 57.5 Å². The number of rotatable bonds is 8. The van der Waals surface area contributed by atoms with Crippen molar-refractivity contribution in [3.8, 4) is 0 Å². The normalized spacial score (nSPS) is 21.9. The number of nitrogens with two attached hydrogens (primary N) is 1. The third-order valence-corrected chi connectivity index (χ3v) is 7.68. The van der Waals surface area contributed by atoms with Gasteiger partial charge in [0, 0.05) is 57.4 Å². The molecule has 1 saturated carbocycles. The molecule has 1 aromatic heterocycles. The van der Waals surface area contributed by atoms with Crippen molar-refractivity contribution in [3.63, 3.8) is 0 Å². The van der Waals surface area contributed by atoms with Crippen LogP contribution in [0.2, 0.25) is 0 Å². The van der Waals surface area contributed by atoms with Crippen molar-refractivity contribution in [1.82, 2.24) is 14.9 Å². The zero-order valence-corrected chi connectivity index (χ0v) is 21.7. The number of aromatic nitrogens is 1. The standard InChI is InChI=1S/C28H38N6O2/c1-19-16-32(12-13-34(19)24(35)11-14-36-3)28-26(29)20(2)25(27(31-28)22-9-10-22)23-15-30-33(18-23)17-21-7-5-4-6-8-21/h4-8,15,19,22-23H,9-14,16-18,29H2,1-3H3/t19-,23?/m1/s1. The van der Waals surface area contributed by atoms with Crippen molar-refractivity contribution in [2.75, 3.05) is 50.5 Å². The minimum atomic E-state index is 0.0992. The zero-order valence-electron chi connectivity index (χ0n) is 21.7. The average Bonchev–Trinajstić information content (AvgIpc) is 3.63. The summed E-state index contributed by atoms with van der Waals surface area (Å²) in [7, 11) is 1.63. The van der Waals surface area contributed by atoms with Crippen LogP contribution in [-0.2, 0) is 16.1 Å². The molecule has 1 saturated heterocycles. The minimum Gasteiger partial charge on any atom is -0.396 e. The second-order valence-corrected chi connectivity index (χ2v) is 10.4. The highest BCUT2D eigenvalue weighted by Crippen LogP contribution is 2.46. The summed E-state index contributed by atoms with van der Waals surface area (Å²) in [6.45, 7) is 8.49. The summed E-state index contributed by atoms with van der Waals surface area (Å²) in [6.07, 6.45) is 4.85. The van der Waals surface area contributed by atoms with Crippen molar-refractivity contribution in [1.29, 1.82) is 0 Å². The fourth-order valence-corrected chi connectivity index (χ4v) is 5.53. The molecule has 1 aromatic carbocycles. The summed E-state index contributed by atoms with van der Waals surface area (Å²) in [5.41, 5.74) is 12.4. The molecule has 1 aliphatic carbocycles. The first kappa shape index (κ1) is 24.6. The van der Waals surface area contributed by atoms with Crippen molar-refractivity contribution >= 4 is 23.6 Å². The SMILES string of the molecule is COCCC(=O)N1CCN(c2nc(C3CC3)c(C3C=NN(Cc4ccccc4)C3)c(C)c2N)C[C@H]1C. The van der Waals surface area contributed by atoms with Crippen LogP contribution in [0.1, 0.15) is 60.4 Å². The van der Waals surface area contributed by atoms with Gasteiger partial charge in [-0.15, -0.1) is 0 Å². The van der Waals surface area contributed by atoms with E-state index >= 15 is 0 Å². The Morgan fingerprint density at radius 3 is 2.64 bits per heavy atom. The van der Waals surface area contributed by atoms with Gasteiger partial charge in [-0.25, -0.2) is 4.98 Å². The number of nitrogens with zero attached hydrogens (tertiary/aromatic N) is 5. The monoisotopic (exact) mass is 490 g/mol. The van der Waals surface area contributed by atoms with Crippen LogP contribution >= 0.6 is 0 Å². The van der Waals surface area contributed by atoms with Crippen LogP contribution in [0.25, 0.3) is 0 Å². The Bertz CT molecular complexity index is 1120. The molecule has 8 nitrogen and oxygen atoms in total. The van der Waals surface area contributed by atoms with Gasteiger partial charge in [-0.3, -0.25) is 9.80 Å². The maximum absolute atomic E-state index is 12.6. The molecule has 2 fully saturated rings. The lowest BCUT2D eigenvalue weighted by atomic mass is 9.91. The lowest BCUT2D eigenvalue weighted by Gasteiger charge is -2.41. The van der Waals surface area contributed by atoms with E-state index in [1.165, 1.54) is 29.7 Å². The highest BCUT2D eigenvalue weighted by atomic mass is 16.5. The second-order valence-electron chi connectivity index (χ2n) is 10.4. The third-order valence-electron chi connectivity index (χ3n) is 7.68. The van der Waals surface area contributed by atoms with Gasteiger partial charge in [0.25, 0.3) is 0 Å². The number of hydrogen-bond acceptors (Lipinski definition) is 7. The van der Waals surface area contributed by atoms with Gasteiger partial charge in [0.1, 0.15) is 0 Å². The molecule has 2 aliphatic heterocycles. The number of methoxy groups -OCH3 is 1. The Hall–Kier alpha value is -3.13. The van der Waals surface area contributed by atoms with E-state index in [-0.39, 0.29) is 17.9 Å². The van der Waals surface area contributed by atoms with Crippen LogP contribution in [0.3, 0.4) is 0 Å². The Labute approximate surface area is 214 Å². The number of carbonyl (C=O) groups is 1. The number of amides is 1. The largest absolute Gasteiger partial charge is 0.396 e. The molecule has 3 aliphatic rings. The molecule has 2 aromatic rings. The Balaban J connectivity index is 1.34. The molecule has 2 N–H and O–H groups in total. The molecule has 8 heteroatoms. The van der Waals surface area contributed by atoms with Gasteiger partial charge in [-0.05, 0) is 43.4 Å². The fraction of sp³-hybridized carbons (Fsp3) is 0.536. The van der Waals surface area contributed by atoms with Gasteiger partial charge in [0.2, 0.25) is 5.91 Å². The highest BCUT2D eigenvalue weighted by Gasteiger charge is 2.36. The van der Waals surface area contributed by atoms with E-state index in [2.05, 4.69) is 54.2 Å². The van der Waals surface area contributed by atoms with Crippen LogP contribution in [0.4, 0.5) is 11.5 Å². The van der Waals surface area contributed by atoms with E-state index in [1.807, 2.05) is 11.0 Å². The number of hydrogen-bond donors (Lipinski definition) is 1. The van der Waals surface area contributed by atoms with Gasteiger partial charge < -0.3 is 20.3 Å². The number of hydrazone groups is 1. The fourth-order valence-electron chi connectivity index (χ4n) is 5.53. The van der Waals surface area contributed by atoms with E-state index in [4.69, 9.17) is 20.6 Å². The topological polar surface area (TPSA) is 87.3 Å². The summed E-state index contributed by atoms with van der Waals surface area (Å²) in [5.74, 6) is 1.73. The first-order valence-electron chi connectivity index (χ1n) is 13.1. The first-order chi connectivity index (χ1) is 17.5. The maximum Gasteiger partial charge on any atom is 0.225 e. The number of pyridine rings is 1. The third kappa shape index (κ3) is 5.05. The Kier molecular flexibility index (Phi) is 7.14.